The van der Waals surface area contributed by atoms with Gasteiger partial charge in [0.2, 0.25) is 0 Å². The van der Waals surface area contributed by atoms with Crippen molar-refractivity contribution < 1.29 is 27.6 Å². The van der Waals surface area contributed by atoms with E-state index in [0.29, 0.717) is 0 Å². The summed E-state index contributed by atoms with van der Waals surface area (Å²) in [6.07, 6.45) is 0.925. The van der Waals surface area contributed by atoms with Crippen LogP contribution in [-0.4, -0.2) is 30.1 Å². The number of hydrogen-bond acceptors (Lipinski definition) is 4. The van der Waals surface area contributed by atoms with Crippen molar-refractivity contribution >= 4 is 5.97 Å². The Balaban J connectivity index is 3.03. The smallest absolute Gasteiger partial charge is 0.354 e. The minimum Gasteiger partial charge on any atom is -0.495 e. The molecule has 0 unspecified atom stereocenters. The average Bonchev–Trinajstić information content (AvgIpc) is 2.22. The Bertz CT molecular complexity index is 498. The first-order chi connectivity index (χ1) is 8.98. The van der Waals surface area contributed by atoms with Crippen LogP contribution in [-0.2, 0) is 11.3 Å². The lowest BCUT2D eigenvalue weighted by molar-refractivity contribution is 0.0685. The molecule has 0 saturated carbocycles. The molecule has 0 fully saturated rings. The van der Waals surface area contributed by atoms with Gasteiger partial charge in [0.1, 0.15) is 5.75 Å². The van der Waals surface area contributed by atoms with Crippen LogP contribution in [0.15, 0.2) is 12.3 Å². The fourth-order valence-electron chi connectivity index (χ4n) is 0.925. The Morgan fingerprint density at radius 1 is 1.71 bits per heavy atom. The van der Waals surface area contributed by atoms with Crippen LogP contribution in [0.5, 0.6) is 5.75 Å². The van der Waals surface area contributed by atoms with Gasteiger partial charge in [-0.3, -0.25) is 0 Å². The van der Waals surface area contributed by atoms with E-state index in [1.807, 2.05) is 0 Å². The molecule has 0 saturated heterocycles. The molecule has 1 aromatic heterocycles. The molecule has 0 aliphatic heterocycles. The van der Waals surface area contributed by atoms with Gasteiger partial charge in [-0.15, -0.1) is 0 Å². The van der Waals surface area contributed by atoms with Crippen LogP contribution >= 0.6 is 0 Å². The maximum Gasteiger partial charge on any atom is 0.354 e. The van der Waals surface area contributed by atoms with Crippen LogP contribution in [0.25, 0.3) is 0 Å². The van der Waals surface area contributed by atoms with Gasteiger partial charge in [0.05, 0.1) is 28.1 Å². The van der Waals surface area contributed by atoms with Gasteiger partial charge in [0.15, 0.2) is 5.69 Å². The summed E-state index contributed by atoms with van der Waals surface area (Å²) in [4.78, 5) is 14.5. The summed E-state index contributed by atoms with van der Waals surface area (Å²) in [5.74, 6) is -1.60. The molecule has 0 aromatic carbocycles. The van der Waals surface area contributed by atoms with Crippen LogP contribution in [0.2, 0.25) is 0 Å². The number of aromatic carboxylic acids is 1. The van der Waals surface area contributed by atoms with E-state index < -0.39 is 32.3 Å². The van der Waals surface area contributed by atoms with Crippen LogP contribution in [0, 0.1) is 0 Å². The first kappa shape index (κ1) is 4.75. The SMILES string of the molecule is [2H]C([2H])([2H])OCc1cc(OC([2H])([2H])[2H])cnc1C(=O)O. The molecule has 0 spiro atoms. The molecule has 0 radical (unpaired) electrons. The molecule has 0 atom stereocenters. The van der Waals surface area contributed by atoms with E-state index in [1.165, 1.54) is 0 Å². The Labute approximate surface area is 89.7 Å². The normalized spacial score (nSPS) is 18.0. The van der Waals surface area contributed by atoms with Crippen LogP contribution in [0.1, 0.15) is 24.3 Å². The molecular weight excluding hydrogens is 186 g/mol. The number of ether oxygens (including phenoxy) is 2. The van der Waals surface area contributed by atoms with E-state index in [9.17, 15) is 4.79 Å². The zero-order valence-electron chi connectivity index (χ0n) is 13.0. The molecule has 0 aliphatic carbocycles. The Kier molecular flexibility index (Phi) is 1.55. The van der Waals surface area contributed by atoms with E-state index in [2.05, 4.69) is 14.5 Å². The number of carboxylic acids is 1. The summed E-state index contributed by atoms with van der Waals surface area (Å²) in [6, 6.07) is 1.06. The third-order valence-electron chi connectivity index (χ3n) is 1.49. The molecule has 14 heavy (non-hydrogen) atoms. The Morgan fingerprint density at radius 2 is 2.57 bits per heavy atom. The highest BCUT2D eigenvalue weighted by Crippen LogP contribution is 2.15. The zero-order valence-corrected chi connectivity index (χ0v) is 6.98. The number of carboxylic acid groups (broad SMARTS) is 1. The molecule has 5 nitrogen and oxygen atoms in total. The third kappa shape index (κ3) is 2.20. The summed E-state index contributed by atoms with van der Waals surface area (Å²) in [7, 11) is -5.44. The Hall–Kier alpha value is -1.62. The minimum atomic E-state index is -2.73. The number of rotatable bonds is 4. The van der Waals surface area contributed by atoms with Gasteiger partial charge in [-0.25, -0.2) is 9.78 Å². The lowest BCUT2D eigenvalue weighted by atomic mass is 10.2. The third-order valence-corrected chi connectivity index (χ3v) is 1.49. The van der Waals surface area contributed by atoms with Crippen LogP contribution < -0.4 is 4.74 Å². The average molecular weight is 203 g/mol. The molecule has 5 heteroatoms. The number of aromatic nitrogens is 1. The summed E-state index contributed by atoms with van der Waals surface area (Å²) in [5.41, 5.74) is -0.539. The molecule has 1 aromatic rings. The second kappa shape index (κ2) is 4.57. The second-order valence-corrected chi connectivity index (χ2v) is 2.37. The van der Waals surface area contributed by atoms with E-state index in [0.717, 1.165) is 12.3 Å². The van der Waals surface area contributed by atoms with E-state index >= 15 is 0 Å². The highest BCUT2D eigenvalue weighted by molar-refractivity contribution is 5.87. The monoisotopic (exact) mass is 203 g/mol. The summed E-state index contributed by atoms with van der Waals surface area (Å²) >= 11 is 0. The minimum absolute atomic E-state index is 0.102. The second-order valence-electron chi connectivity index (χ2n) is 2.37. The summed E-state index contributed by atoms with van der Waals surface area (Å²) < 4.78 is 50.5. The van der Waals surface area contributed by atoms with Gasteiger partial charge in [-0.2, -0.15) is 0 Å². The zero-order chi connectivity index (χ0) is 15.6. The lowest BCUT2D eigenvalue weighted by Crippen LogP contribution is -2.06. The molecule has 76 valence electrons. The molecule has 1 rings (SSSR count). The van der Waals surface area contributed by atoms with Gasteiger partial charge in [0.25, 0.3) is 0 Å². The molecule has 1 N–H and O–H groups in total. The predicted octanol–water partition coefficient (Wildman–Crippen LogP) is 0.935. The van der Waals surface area contributed by atoms with Gasteiger partial charge in [-0.1, -0.05) is 0 Å². The molecule has 0 amide bonds. The van der Waals surface area contributed by atoms with Gasteiger partial charge < -0.3 is 14.6 Å². The fourth-order valence-corrected chi connectivity index (χ4v) is 0.925. The highest BCUT2D eigenvalue weighted by Gasteiger charge is 2.12. The van der Waals surface area contributed by atoms with E-state index in [-0.39, 0.29) is 11.3 Å². The summed E-state index contributed by atoms with van der Waals surface area (Å²) in [5, 5.41) is 8.91. The van der Waals surface area contributed by atoms with Crippen molar-refractivity contribution in [3.8, 4) is 5.75 Å². The van der Waals surface area contributed by atoms with E-state index in [4.69, 9.17) is 13.3 Å². The Morgan fingerprint density at radius 3 is 3.21 bits per heavy atom. The van der Waals surface area contributed by atoms with Crippen molar-refractivity contribution in [3.63, 3.8) is 0 Å². The number of carbonyl (C=O) groups is 1. The standard InChI is InChI=1S/C9H11NO4/c1-13-5-6-3-7(14-2)4-10-8(6)9(11)12/h3-4H,5H2,1-2H3,(H,11,12)/i1D3,2D3. The summed E-state index contributed by atoms with van der Waals surface area (Å²) in [6.45, 7) is -0.566. The topological polar surface area (TPSA) is 68.7 Å². The maximum atomic E-state index is 10.9. The largest absolute Gasteiger partial charge is 0.495 e. The number of nitrogens with zero attached hydrogens (tertiary/aromatic N) is 1. The number of pyridine rings is 1. The molecule has 0 aliphatic rings. The maximum absolute atomic E-state index is 10.9. The van der Waals surface area contributed by atoms with Crippen molar-refractivity contribution in [2.45, 2.75) is 6.61 Å². The van der Waals surface area contributed by atoms with Crippen molar-refractivity contribution in [1.82, 2.24) is 4.98 Å². The molecule has 1 heterocycles. The lowest BCUT2D eigenvalue weighted by Gasteiger charge is -2.06. The van der Waals surface area contributed by atoms with Gasteiger partial charge in [0, 0.05) is 12.6 Å². The van der Waals surface area contributed by atoms with Crippen molar-refractivity contribution in [1.29, 1.82) is 0 Å². The van der Waals surface area contributed by atoms with Gasteiger partial charge >= 0.3 is 5.97 Å². The van der Waals surface area contributed by atoms with E-state index in [1.54, 1.807) is 0 Å². The van der Waals surface area contributed by atoms with Crippen molar-refractivity contribution in [2.75, 3.05) is 14.1 Å². The predicted molar refractivity (Wildman–Crippen MR) is 48.5 cm³/mol. The number of methoxy groups -OCH3 is 2. The van der Waals surface area contributed by atoms with Crippen molar-refractivity contribution in [2.24, 2.45) is 0 Å². The molecule has 0 bridgehead atoms. The van der Waals surface area contributed by atoms with Crippen LogP contribution in [0.4, 0.5) is 0 Å². The first-order valence-corrected chi connectivity index (χ1v) is 3.53. The number of hydrogen-bond donors (Lipinski definition) is 1. The quantitative estimate of drug-likeness (QED) is 0.788. The van der Waals surface area contributed by atoms with Crippen molar-refractivity contribution in [3.05, 3.63) is 23.5 Å². The highest BCUT2D eigenvalue weighted by atomic mass is 16.5. The van der Waals surface area contributed by atoms with Crippen LogP contribution in [0.3, 0.4) is 0 Å². The first-order valence-electron chi connectivity index (χ1n) is 6.53. The van der Waals surface area contributed by atoms with Gasteiger partial charge in [-0.05, 0) is 6.07 Å². The fraction of sp³-hybridized carbons (Fsp3) is 0.333. The molecular formula is C9H11NO4.